The molecule has 21 heavy (non-hydrogen) atoms. The first-order valence-corrected chi connectivity index (χ1v) is 7.01. The third kappa shape index (κ3) is 3.32. The third-order valence-corrected chi connectivity index (χ3v) is 3.25. The van der Waals surface area contributed by atoms with Gasteiger partial charge in [0.2, 0.25) is 0 Å². The van der Waals surface area contributed by atoms with Crippen LogP contribution in [-0.4, -0.2) is 26.4 Å². The maximum absolute atomic E-state index is 4.15. The minimum atomic E-state index is 0.453. The number of nitrogens with zero attached hydrogens (tertiary/aromatic N) is 5. The van der Waals surface area contributed by atoms with Gasteiger partial charge >= 0.3 is 0 Å². The van der Waals surface area contributed by atoms with Gasteiger partial charge in [0.05, 0.1) is 11.9 Å². The molecule has 2 aromatic carbocycles. The second-order valence-corrected chi connectivity index (χ2v) is 5.09. The molecule has 0 saturated carbocycles. The molecule has 0 atom stereocenters. The summed E-state index contributed by atoms with van der Waals surface area (Å²) in [5, 5.41) is 15.6. The van der Waals surface area contributed by atoms with Crippen molar-refractivity contribution in [2.45, 2.75) is 0 Å². The summed E-state index contributed by atoms with van der Waals surface area (Å²) in [5.74, 6) is 0.453. The lowest BCUT2D eigenvalue weighted by Crippen LogP contribution is -2.03. The molecule has 0 bridgehead atoms. The Morgan fingerprint density at radius 2 is 1.81 bits per heavy atom. The van der Waals surface area contributed by atoms with E-state index in [9.17, 15) is 0 Å². The molecule has 0 radical (unpaired) electrons. The predicted molar refractivity (Wildman–Crippen MR) is 84.5 cm³/mol. The summed E-state index contributed by atoms with van der Waals surface area (Å²) in [4.78, 5) is 0. The molecule has 0 unspecified atom stereocenters. The van der Waals surface area contributed by atoms with Gasteiger partial charge < -0.3 is 0 Å². The summed E-state index contributed by atoms with van der Waals surface area (Å²) >= 11 is 3.39. The lowest BCUT2D eigenvalue weighted by atomic mass is 10.2. The minimum Gasteiger partial charge on any atom is -0.244 e. The van der Waals surface area contributed by atoms with Crippen LogP contribution in [-0.2, 0) is 0 Å². The molecular weight excluding hydrogens is 332 g/mol. The van der Waals surface area contributed by atoms with E-state index in [-0.39, 0.29) is 0 Å². The van der Waals surface area contributed by atoms with Gasteiger partial charge in [0.25, 0.3) is 5.95 Å². The fraction of sp³-hybridized carbons (Fsp3) is 0. The Morgan fingerprint density at radius 3 is 2.57 bits per heavy atom. The van der Waals surface area contributed by atoms with E-state index in [4.69, 9.17) is 0 Å². The highest BCUT2D eigenvalue weighted by atomic mass is 79.9. The molecule has 1 aromatic heterocycles. The highest BCUT2D eigenvalue weighted by Crippen LogP contribution is 2.11. The van der Waals surface area contributed by atoms with Gasteiger partial charge in [-0.2, -0.15) is 9.78 Å². The van der Waals surface area contributed by atoms with Crippen molar-refractivity contribution in [3.63, 3.8) is 0 Å². The first-order valence-electron chi connectivity index (χ1n) is 6.21. The first kappa shape index (κ1) is 13.4. The zero-order valence-corrected chi connectivity index (χ0v) is 12.5. The smallest absolute Gasteiger partial charge is 0.244 e. The predicted octanol–water partition coefficient (Wildman–Crippen LogP) is 2.87. The third-order valence-electron chi connectivity index (χ3n) is 2.72. The van der Waals surface area contributed by atoms with Crippen molar-refractivity contribution < 1.29 is 0 Å². The fourth-order valence-electron chi connectivity index (χ4n) is 1.71. The van der Waals surface area contributed by atoms with E-state index < -0.39 is 0 Å². The largest absolute Gasteiger partial charge is 0.268 e. The normalized spacial score (nSPS) is 10.9. The van der Waals surface area contributed by atoms with E-state index >= 15 is 0 Å². The van der Waals surface area contributed by atoms with Crippen molar-refractivity contribution in [2.24, 2.45) is 5.10 Å². The second-order valence-electron chi connectivity index (χ2n) is 4.17. The fourth-order valence-corrected chi connectivity index (χ4v) is 1.98. The summed E-state index contributed by atoms with van der Waals surface area (Å²) in [5.41, 5.74) is 4.68. The maximum Gasteiger partial charge on any atom is 0.268 e. The Hall–Kier alpha value is -2.54. The molecule has 0 fully saturated rings. The number of hydrogen-bond acceptors (Lipinski definition) is 5. The van der Waals surface area contributed by atoms with Crippen LogP contribution in [0, 0.1) is 0 Å². The van der Waals surface area contributed by atoms with Gasteiger partial charge in [-0.15, -0.1) is 0 Å². The molecule has 0 saturated heterocycles. The SMILES string of the molecule is Brc1ccc(/C=N\Nc2nnnn2-c2ccccc2)cc1. The highest BCUT2D eigenvalue weighted by Gasteiger charge is 2.05. The Bertz CT molecular complexity index is 736. The Balaban J connectivity index is 1.75. The number of aromatic nitrogens is 4. The zero-order valence-electron chi connectivity index (χ0n) is 10.9. The Labute approximate surface area is 129 Å². The van der Waals surface area contributed by atoms with E-state index in [0.29, 0.717) is 5.95 Å². The van der Waals surface area contributed by atoms with Crippen LogP contribution < -0.4 is 5.43 Å². The topological polar surface area (TPSA) is 68.0 Å². The van der Waals surface area contributed by atoms with Gasteiger partial charge in [0.1, 0.15) is 0 Å². The summed E-state index contributed by atoms with van der Waals surface area (Å²) in [7, 11) is 0. The van der Waals surface area contributed by atoms with Crippen LogP contribution in [0.5, 0.6) is 0 Å². The van der Waals surface area contributed by atoms with E-state index in [2.05, 4.69) is 42.0 Å². The summed E-state index contributed by atoms with van der Waals surface area (Å²) < 4.78 is 2.61. The number of hydrazone groups is 1. The van der Waals surface area contributed by atoms with Gasteiger partial charge in [-0.25, -0.2) is 5.43 Å². The quantitative estimate of drug-likeness (QED) is 0.584. The molecule has 0 aliphatic heterocycles. The van der Waals surface area contributed by atoms with Crippen LogP contribution in [0.3, 0.4) is 0 Å². The van der Waals surface area contributed by atoms with Gasteiger partial charge in [-0.3, -0.25) is 0 Å². The molecular formula is C14H11BrN6. The average molecular weight is 343 g/mol. The van der Waals surface area contributed by atoms with Crippen molar-refractivity contribution in [3.05, 3.63) is 64.6 Å². The van der Waals surface area contributed by atoms with Gasteiger partial charge in [-0.05, 0) is 40.3 Å². The number of tetrazole rings is 1. The number of nitrogens with one attached hydrogen (secondary N) is 1. The van der Waals surface area contributed by atoms with Crippen LogP contribution in [0.25, 0.3) is 5.69 Å². The van der Waals surface area contributed by atoms with E-state index in [1.54, 1.807) is 10.9 Å². The monoisotopic (exact) mass is 342 g/mol. The summed E-state index contributed by atoms with van der Waals surface area (Å²) in [6.45, 7) is 0. The number of para-hydroxylation sites is 1. The molecule has 1 N–H and O–H groups in total. The minimum absolute atomic E-state index is 0.453. The lowest BCUT2D eigenvalue weighted by molar-refractivity contribution is 0.790. The number of rotatable bonds is 4. The van der Waals surface area contributed by atoms with Gasteiger partial charge in [0, 0.05) is 4.47 Å². The van der Waals surface area contributed by atoms with Crippen LogP contribution in [0.2, 0.25) is 0 Å². The molecule has 3 rings (SSSR count). The highest BCUT2D eigenvalue weighted by molar-refractivity contribution is 9.10. The van der Waals surface area contributed by atoms with Crippen LogP contribution in [0.1, 0.15) is 5.56 Å². The van der Waals surface area contributed by atoms with Crippen LogP contribution >= 0.6 is 15.9 Å². The first-order chi connectivity index (χ1) is 10.3. The molecule has 1 heterocycles. The van der Waals surface area contributed by atoms with Crippen molar-refractivity contribution in [2.75, 3.05) is 5.43 Å². The summed E-state index contributed by atoms with van der Waals surface area (Å²) in [6.07, 6.45) is 1.70. The molecule has 104 valence electrons. The maximum atomic E-state index is 4.15. The van der Waals surface area contributed by atoms with Crippen LogP contribution in [0.4, 0.5) is 5.95 Å². The summed E-state index contributed by atoms with van der Waals surface area (Å²) in [6, 6.07) is 17.4. The van der Waals surface area contributed by atoms with Crippen molar-refractivity contribution in [3.8, 4) is 5.69 Å². The second kappa shape index (κ2) is 6.27. The Kier molecular flexibility index (Phi) is 4.02. The van der Waals surface area contributed by atoms with Crippen molar-refractivity contribution in [1.29, 1.82) is 0 Å². The number of hydrogen-bond donors (Lipinski definition) is 1. The molecule has 0 spiro atoms. The zero-order chi connectivity index (χ0) is 14.5. The van der Waals surface area contributed by atoms with Crippen molar-refractivity contribution >= 4 is 28.1 Å². The number of anilines is 1. The molecule has 6 nitrogen and oxygen atoms in total. The van der Waals surface area contributed by atoms with Crippen LogP contribution in [0.15, 0.2) is 64.2 Å². The molecule has 7 heteroatoms. The standard InChI is InChI=1S/C14H11BrN6/c15-12-8-6-11(7-9-12)10-16-17-14-18-19-20-21(14)13-4-2-1-3-5-13/h1-10H,(H,17,18,20)/b16-10-. The van der Waals surface area contributed by atoms with Gasteiger partial charge in [0.15, 0.2) is 0 Å². The lowest BCUT2D eigenvalue weighted by Gasteiger charge is -2.02. The van der Waals surface area contributed by atoms with Gasteiger partial charge in [-0.1, -0.05) is 51.4 Å². The van der Waals surface area contributed by atoms with E-state index in [0.717, 1.165) is 15.7 Å². The Morgan fingerprint density at radius 1 is 1.05 bits per heavy atom. The molecule has 0 aliphatic carbocycles. The van der Waals surface area contributed by atoms with E-state index in [1.165, 1.54) is 0 Å². The van der Waals surface area contributed by atoms with Crippen molar-refractivity contribution in [1.82, 2.24) is 20.2 Å². The molecule has 0 aliphatic rings. The molecule has 3 aromatic rings. The molecule has 0 amide bonds. The average Bonchev–Trinajstić information content (AvgIpc) is 2.99. The number of benzene rings is 2. The number of halogens is 1. The van der Waals surface area contributed by atoms with E-state index in [1.807, 2.05) is 54.6 Å².